The zero-order valence-corrected chi connectivity index (χ0v) is 17.1. The van der Waals surface area contributed by atoms with Gasteiger partial charge in [0.05, 0.1) is 12.4 Å². The number of alkyl carbamates (subject to hydrolysis) is 1. The number of Topliss-reactive ketones (excluding diaryl/α,β-unsaturated/α-hetero) is 1. The van der Waals surface area contributed by atoms with Gasteiger partial charge in [0, 0.05) is 6.42 Å². The Labute approximate surface area is 151 Å². The summed E-state index contributed by atoms with van der Waals surface area (Å²) in [6, 6.07) is -0.969. The predicted octanol–water partition coefficient (Wildman–Crippen LogP) is 1.85. The summed E-state index contributed by atoms with van der Waals surface area (Å²) in [5, 5.41) is 2.46. The summed E-state index contributed by atoms with van der Waals surface area (Å²) in [6.07, 6.45) is 4.06. The number of thiol groups is 1. The minimum Gasteiger partial charge on any atom is -0.464 e. The molecule has 1 atom stereocenters. The van der Waals surface area contributed by atoms with E-state index < -0.39 is 33.6 Å². The molecule has 8 heteroatoms. The standard InChI is InChI=1S/C17H33NO6S/c1-7-8-11-23-15(20)14(18-16(21)24-17(2,3)4)10-9-13(19)12-25(5,6)22/h14,25H,7-12H2,1-6H3,(H,18,21)/t14-/m0/s1. The average molecular weight is 380 g/mol. The van der Waals surface area contributed by atoms with Crippen molar-refractivity contribution in [2.24, 2.45) is 0 Å². The number of carbonyl (C=O) groups is 3. The summed E-state index contributed by atoms with van der Waals surface area (Å²) in [4.78, 5) is 36.0. The molecular formula is C17H33NO6S. The Bertz CT molecular complexity index is 506. The summed E-state index contributed by atoms with van der Waals surface area (Å²) < 4.78 is 22.0. The second-order valence-corrected chi connectivity index (χ2v) is 11.0. The highest BCUT2D eigenvalue weighted by Gasteiger charge is 2.26. The van der Waals surface area contributed by atoms with Crippen LogP contribution in [0.15, 0.2) is 0 Å². The van der Waals surface area contributed by atoms with E-state index in [4.69, 9.17) is 9.47 Å². The molecule has 0 aromatic carbocycles. The molecule has 0 aromatic heterocycles. The lowest BCUT2D eigenvalue weighted by molar-refractivity contribution is -0.146. The normalized spacial score (nSPS) is 13.7. The van der Waals surface area contributed by atoms with E-state index in [-0.39, 0.29) is 31.0 Å². The second kappa shape index (κ2) is 10.5. The fraction of sp³-hybridized carbons (Fsp3) is 0.824. The molecule has 0 radical (unpaired) electrons. The van der Waals surface area contributed by atoms with Gasteiger partial charge in [0.15, 0.2) is 0 Å². The first-order valence-electron chi connectivity index (χ1n) is 8.56. The van der Waals surface area contributed by atoms with Crippen LogP contribution in [0.25, 0.3) is 0 Å². The second-order valence-electron chi connectivity index (χ2n) is 7.53. The van der Waals surface area contributed by atoms with Crippen LogP contribution in [-0.2, 0) is 29.0 Å². The van der Waals surface area contributed by atoms with Crippen LogP contribution < -0.4 is 5.32 Å². The lowest BCUT2D eigenvalue weighted by Gasteiger charge is -2.23. The van der Waals surface area contributed by atoms with Crippen LogP contribution in [0.4, 0.5) is 4.79 Å². The van der Waals surface area contributed by atoms with Gasteiger partial charge in [-0.05, 0) is 46.1 Å². The van der Waals surface area contributed by atoms with Crippen LogP contribution in [0.3, 0.4) is 0 Å². The molecule has 25 heavy (non-hydrogen) atoms. The van der Waals surface area contributed by atoms with Gasteiger partial charge < -0.3 is 14.8 Å². The Morgan fingerprint density at radius 2 is 1.76 bits per heavy atom. The summed E-state index contributed by atoms with van der Waals surface area (Å²) in [5.41, 5.74) is -0.701. The Balaban J connectivity index is 4.77. The lowest BCUT2D eigenvalue weighted by Crippen LogP contribution is -2.44. The number of ether oxygens (including phenoxy) is 2. The van der Waals surface area contributed by atoms with Crippen LogP contribution in [0.2, 0.25) is 0 Å². The largest absolute Gasteiger partial charge is 0.464 e. The van der Waals surface area contributed by atoms with Crippen molar-refractivity contribution in [3.8, 4) is 0 Å². The maximum absolute atomic E-state index is 12.2. The third-order valence-corrected chi connectivity index (χ3v) is 4.10. The molecule has 148 valence electrons. The first-order chi connectivity index (χ1) is 11.3. The molecule has 1 N–H and O–H groups in total. The molecule has 0 unspecified atom stereocenters. The summed E-state index contributed by atoms with van der Waals surface area (Å²) in [7, 11) is -2.46. The minimum absolute atomic E-state index is 0.0168. The topological polar surface area (TPSA) is 98.8 Å². The van der Waals surface area contributed by atoms with Gasteiger partial charge >= 0.3 is 12.1 Å². The number of amides is 1. The summed E-state index contributed by atoms with van der Waals surface area (Å²) in [6.45, 7) is 7.37. The molecule has 0 fully saturated rings. The number of ketones is 1. The van der Waals surface area contributed by atoms with Crippen LogP contribution in [-0.4, -0.2) is 58.6 Å². The molecule has 0 saturated heterocycles. The van der Waals surface area contributed by atoms with Gasteiger partial charge in [-0.15, -0.1) is 9.93 Å². The van der Waals surface area contributed by atoms with E-state index in [1.54, 1.807) is 33.3 Å². The van der Waals surface area contributed by atoms with Crippen molar-refractivity contribution >= 4 is 27.8 Å². The van der Waals surface area contributed by atoms with Gasteiger partial charge in [-0.2, -0.15) is 0 Å². The van der Waals surface area contributed by atoms with Gasteiger partial charge in [-0.1, -0.05) is 13.3 Å². The molecule has 0 rings (SSSR count). The van der Waals surface area contributed by atoms with E-state index in [2.05, 4.69) is 5.32 Å². The van der Waals surface area contributed by atoms with Crippen molar-refractivity contribution in [2.75, 3.05) is 24.9 Å². The van der Waals surface area contributed by atoms with E-state index in [0.29, 0.717) is 0 Å². The van der Waals surface area contributed by atoms with Gasteiger partial charge in [0.1, 0.15) is 17.4 Å². The van der Waals surface area contributed by atoms with E-state index in [9.17, 15) is 18.6 Å². The number of esters is 1. The van der Waals surface area contributed by atoms with Crippen molar-refractivity contribution in [1.82, 2.24) is 5.32 Å². The van der Waals surface area contributed by atoms with Crippen molar-refractivity contribution < 1.29 is 28.1 Å². The molecule has 0 bridgehead atoms. The number of nitrogens with one attached hydrogen (secondary N) is 1. The number of hydrogen-bond donors (Lipinski definition) is 2. The number of hydrogen-bond acceptors (Lipinski definition) is 6. The van der Waals surface area contributed by atoms with Crippen molar-refractivity contribution in [3.05, 3.63) is 0 Å². The number of unbranched alkanes of at least 4 members (excludes halogenated alkanes) is 1. The third-order valence-electron chi connectivity index (χ3n) is 2.99. The van der Waals surface area contributed by atoms with Gasteiger partial charge in [0.25, 0.3) is 0 Å². The van der Waals surface area contributed by atoms with E-state index >= 15 is 0 Å². The third kappa shape index (κ3) is 13.5. The Kier molecular flexibility index (Phi) is 9.92. The lowest BCUT2D eigenvalue weighted by atomic mass is 10.1. The highest BCUT2D eigenvalue weighted by atomic mass is 32.2. The quantitative estimate of drug-likeness (QED) is 0.341. The molecular weight excluding hydrogens is 346 g/mol. The van der Waals surface area contributed by atoms with Crippen molar-refractivity contribution in [2.45, 2.75) is 65.0 Å². The highest BCUT2D eigenvalue weighted by molar-refractivity contribution is 8.02. The van der Waals surface area contributed by atoms with E-state index in [1.807, 2.05) is 6.92 Å². The molecule has 0 heterocycles. The van der Waals surface area contributed by atoms with Crippen LogP contribution in [0, 0.1) is 0 Å². The molecule has 0 aliphatic carbocycles. The van der Waals surface area contributed by atoms with Crippen molar-refractivity contribution in [1.29, 1.82) is 0 Å². The molecule has 0 saturated carbocycles. The maximum atomic E-state index is 12.2. The first kappa shape index (κ1) is 23.6. The molecule has 0 aromatic rings. The van der Waals surface area contributed by atoms with Gasteiger partial charge in [-0.25, -0.2) is 9.59 Å². The first-order valence-corrected chi connectivity index (χ1v) is 11.3. The monoisotopic (exact) mass is 379 g/mol. The van der Waals surface area contributed by atoms with Gasteiger partial charge in [0.2, 0.25) is 0 Å². The zero-order chi connectivity index (χ0) is 19.7. The van der Waals surface area contributed by atoms with E-state index in [1.165, 1.54) is 0 Å². The highest BCUT2D eigenvalue weighted by Crippen LogP contribution is 2.09. The fourth-order valence-electron chi connectivity index (χ4n) is 1.93. The summed E-state index contributed by atoms with van der Waals surface area (Å²) in [5.74, 6) is -0.814. The zero-order valence-electron chi connectivity index (χ0n) is 16.2. The summed E-state index contributed by atoms with van der Waals surface area (Å²) >= 11 is 0. The van der Waals surface area contributed by atoms with Crippen molar-refractivity contribution in [3.63, 3.8) is 0 Å². The maximum Gasteiger partial charge on any atom is 0.408 e. The van der Waals surface area contributed by atoms with E-state index in [0.717, 1.165) is 12.8 Å². The molecule has 0 aliphatic rings. The number of rotatable bonds is 10. The Hall–Kier alpha value is -1.44. The van der Waals surface area contributed by atoms with Crippen LogP contribution in [0.1, 0.15) is 53.4 Å². The molecule has 0 spiro atoms. The molecule has 1 amide bonds. The average Bonchev–Trinajstić information content (AvgIpc) is 2.39. The molecule has 0 aliphatic heterocycles. The van der Waals surface area contributed by atoms with Crippen LogP contribution in [0.5, 0.6) is 0 Å². The Morgan fingerprint density at radius 3 is 2.24 bits per heavy atom. The predicted molar refractivity (Wildman–Crippen MR) is 99.5 cm³/mol. The Morgan fingerprint density at radius 1 is 1.16 bits per heavy atom. The van der Waals surface area contributed by atoms with Gasteiger partial charge in [-0.3, -0.25) is 9.00 Å². The molecule has 7 nitrogen and oxygen atoms in total. The SMILES string of the molecule is CCCCOC(=O)[C@H](CCC(=O)C[SH](C)(C)=O)NC(=O)OC(C)(C)C. The minimum atomic E-state index is -2.46. The smallest absolute Gasteiger partial charge is 0.408 e. The van der Waals surface area contributed by atoms with Crippen LogP contribution >= 0.6 is 0 Å². The fourth-order valence-corrected chi connectivity index (χ4v) is 2.93. The number of carbonyl (C=O) groups excluding carboxylic acids is 3.